The molecule has 4 aromatic heterocycles. The molecule has 174 valence electrons. The first kappa shape index (κ1) is 21.6. The normalized spacial score (nSPS) is 12.2. The molecule has 0 bridgehead atoms. The van der Waals surface area contributed by atoms with Crippen molar-refractivity contribution < 1.29 is 23.4 Å². The Labute approximate surface area is 196 Å². The minimum absolute atomic E-state index is 0.171. The second-order valence-electron chi connectivity index (χ2n) is 7.37. The van der Waals surface area contributed by atoms with Crippen LogP contribution in [-0.4, -0.2) is 50.4 Å². The van der Waals surface area contributed by atoms with Crippen LogP contribution in [-0.2, 0) is 11.2 Å². The summed E-state index contributed by atoms with van der Waals surface area (Å²) >= 11 is 1.31. The number of amides is 1. The fourth-order valence-corrected chi connectivity index (χ4v) is 4.14. The number of primary amides is 1. The number of benzene rings is 1. The second kappa shape index (κ2) is 8.63. The number of halogens is 1. The van der Waals surface area contributed by atoms with Gasteiger partial charge in [0.25, 0.3) is 11.1 Å². The van der Waals surface area contributed by atoms with Gasteiger partial charge in [-0.1, -0.05) is 12.1 Å². The first-order chi connectivity index (χ1) is 16.4. The Kier molecular flexibility index (Phi) is 5.49. The van der Waals surface area contributed by atoms with Crippen molar-refractivity contribution in [1.29, 1.82) is 0 Å². The van der Waals surface area contributed by atoms with Crippen molar-refractivity contribution >= 4 is 27.7 Å². The number of carbonyl (C=O) groups is 1. The third kappa shape index (κ3) is 4.10. The molecule has 5 aromatic rings. The standard InChI is InChI=1S/C22H19FN6O4S/c1-31-14-8-18(33-19(20(24)30)7-12-3-5-13(23)6-4-12)17-9-15(26-28(17)10-14)16-11-29-21(25-16)34-22(27-29)32-2/h3-6,8-11,19H,7H2,1-2H3,(H2,24,30). The fraction of sp³-hybridized carbons (Fsp3) is 0.182. The molecule has 1 unspecified atom stereocenters. The SMILES string of the molecule is COc1cc(OC(Cc2ccc(F)cc2)C(N)=O)c2cc(-c3cn4nc(OC)sc4n3)nn2c1. The number of hydrogen-bond acceptors (Lipinski definition) is 8. The van der Waals surface area contributed by atoms with Gasteiger partial charge in [0.15, 0.2) is 6.10 Å². The number of rotatable bonds is 8. The zero-order chi connectivity index (χ0) is 23.8. The Morgan fingerprint density at radius 3 is 2.56 bits per heavy atom. The summed E-state index contributed by atoms with van der Waals surface area (Å²) in [4.78, 5) is 17.4. The van der Waals surface area contributed by atoms with E-state index in [2.05, 4.69) is 15.2 Å². The number of pyridine rings is 1. The van der Waals surface area contributed by atoms with Crippen molar-refractivity contribution in [1.82, 2.24) is 24.2 Å². The third-order valence-electron chi connectivity index (χ3n) is 5.13. The van der Waals surface area contributed by atoms with E-state index in [-0.39, 0.29) is 12.2 Å². The smallest absolute Gasteiger partial charge is 0.294 e. The van der Waals surface area contributed by atoms with Gasteiger partial charge < -0.3 is 19.9 Å². The van der Waals surface area contributed by atoms with Crippen LogP contribution in [0, 0.1) is 5.82 Å². The lowest BCUT2D eigenvalue weighted by Crippen LogP contribution is -2.35. The van der Waals surface area contributed by atoms with E-state index in [1.165, 1.54) is 30.6 Å². The van der Waals surface area contributed by atoms with Crippen LogP contribution in [0.1, 0.15) is 5.56 Å². The monoisotopic (exact) mass is 482 g/mol. The third-order valence-corrected chi connectivity index (χ3v) is 6.01. The molecule has 2 N–H and O–H groups in total. The Hall–Kier alpha value is -4.19. The molecule has 1 atom stereocenters. The maximum Gasteiger partial charge on any atom is 0.294 e. The summed E-state index contributed by atoms with van der Waals surface area (Å²) in [5, 5.41) is 9.36. The number of nitrogens with two attached hydrogens (primary N) is 1. The molecule has 12 heteroatoms. The molecule has 5 rings (SSSR count). The quantitative estimate of drug-likeness (QED) is 0.361. The summed E-state index contributed by atoms with van der Waals surface area (Å²) in [6, 6.07) is 9.25. The van der Waals surface area contributed by atoms with E-state index in [4.69, 9.17) is 19.9 Å². The Morgan fingerprint density at radius 2 is 1.88 bits per heavy atom. The van der Waals surface area contributed by atoms with Gasteiger partial charge in [-0.3, -0.25) is 4.79 Å². The van der Waals surface area contributed by atoms with Crippen molar-refractivity contribution in [3.63, 3.8) is 0 Å². The highest BCUT2D eigenvalue weighted by atomic mass is 32.1. The Morgan fingerprint density at radius 1 is 1.09 bits per heavy atom. The number of methoxy groups -OCH3 is 2. The van der Waals surface area contributed by atoms with Crippen molar-refractivity contribution in [3.8, 4) is 28.1 Å². The Balaban J connectivity index is 1.51. The molecule has 0 fully saturated rings. The molecule has 0 saturated heterocycles. The van der Waals surface area contributed by atoms with Crippen LogP contribution in [0.4, 0.5) is 4.39 Å². The van der Waals surface area contributed by atoms with Crippen molar-refractivity contribution in [2.24, 2.45) is 5.73 Å². The van der Waals surface area contributed by atoms with Gasteiger partial charge in [0.2, 0.25) is 4.96 Å². The molecule has 4 heterocycles. The number of nitrogens with zero attached hydrogens (tertiary/aromatic N) is 5. The van der Waals surface area contributed by atoms with Crippen LogP contribution >= 0.6 is 11.3 Å². The molecule has 34 heavy (non-hydrogen) atoms. The average Bonchev–Trinajstić information content (AvgIpc) is 3.52. The lowest BCUT2D eigenvalue weighted by molar-refractivity contribution is -0.124. The van der Waals surface area contributed by atoms with Gasteiger partial charge in [0.1, 0.15) is 34.2 Å². The van der Waals surface area contributed by atoms with Gasteiger partial charge in [-0.2, -0.15) is 5.10 Å². The zero-order valence-electron chi connectivity index (χ0n) is 18.1. The van der Waals surface area contributed by atoms with Gasteiger partial charge in [0, 0.05) is 12.5 Å². The van der Waals surface area contributed by atoms with E-state index in [0.717, 1.165) is 0 Å². The molecule has 10 nitrogen and oxygen atoms in total. The summed E-state index contributed by atoms with van der Waals surface area (Å²) in [6.45, 7) is 0. The molecule has 0 aliphatic heterocycles. The topological polar surface area (TPSA) is 118 Å². The number of imidazole rings is 1. The summed E-state index contributed by atoms with van der Waals surface area (Å²) in [5.41, 5.74) is 8.08. The average molecular weight is 482 g/mol. The maximum absolute atomic E-state index is 13.3. The minimum atomic E-state index is -0.991. The van der Waals surface area contributed by atoms with Crippen LogP contribution in [0.15, 0.2) is 48.8 Å². The lowest BCUT2D eigenvalue weighted by Gasteiger charge is -2.17. The van der Waals surface area contributed by atoms with Crippen LogP contribution in [0.25, 0.3) is 21.9 Å². The Bertz CT molecular complexity index is 1460. The fourth-order valence-electron chi connectivity index (χ4n) is 3.44. The van der Waals surface area contributed by atoms with Crippen LogP contribution in [0.3, 0.4) is 0 Å². The van der Waals surface area contributed by atoms with E-state index in [0.29, 0.717) is 44.1 Å². The summed E-state index contributed by atoms with van der Waals surface area (Å²) in [6.07, 6.45) is 2.61. The molecule has 0 saturated carbocycles. The summed E-state index contributed by atoms with van der Waals surface area (Å²) < 4.78 is 33.0. The van der Waals surface area contributed by atoms with E-state index in [9.17, 15) is 9.18 Å². The van der Waals surface area contributed by atoms with Crippen molar-refractivity contribution in [3.05, 3.63) is 60.2 Å². The molecular formula is C22H19FN6O4S. The molecule has 1 amide bonds. The number of fused-ring (bicyclic) bond motifs is 2. The van der Waals surface area contributed by atoms with E-state index >= 15 is 0 Å². The van der Waals surface area contributed by atoms with Gasteiger partial charge >= 0.3 is 0 Å². The highest BCUT2D eigenvalue weighted by Gasteiger charge is 2.22. The van der Waals surface area contributed by atoms with Crippen molar-refractivity contribution in [2.75, 3.05) is 14.2 Å². The molecule has 0 radical (unpaired) electrons. The predicted octanol–water partition coefficient (Wildman–Crippen LogP) is 2.74. The van der Waals surface area contributed by atoms with Gasteiger partial charge in [0.05, 0.1) is 26.6 Å². The number of aromatic nitrogens is 5. The first-order valence-corrected chi connectivity index (χ1v) is 10.9. The molecular weight excluding hydrogens is 463 g/mol. The van der Waals surface area contributed by atoms with Crippen LogP contribution in [0.2, 0.25) is 0 Å². The van der Waals surface area contributed by atoms with E-state index < -0.39 is 12.0 Å². The highest BCUT2D eigenvalue weighted by Crippen LogP contribution is 2.31. The van der Waals surface area contributed by atoms with Crippen LogP contribution in [0.5, 0.6) is 16.7 Å². The zero-order valence-corrected chi connectivity index (χ0v) is 19.0. The van der Waals surface area contributed by atoms with Gasteiger partial charge in [-0.25, -0.2) is 18.4 Å². The summed E-state index contributed by atoms with van der Waals surface area (Å²) in [7, 11) is 3.06. The predicted molar refractivity (Wildman–Crippen MR) is 122 cm³/mol. The van der Waals surface area contributed by atoms with Gasteiger partial charge in [-0.05, 0) is 35.1 Å². The molecule has 0 aliphatic rings. The first-order valence-electron chi connectivity index (χ1n) is 10.1. The summed E-state index contributed by atoms with van der Waals surface area (Å²) in [5.74, 6) is -0.196. The molecule has 0 aliphatic carbocycles. The number of ether oxygens (including phenoxy) is 3. The largest absolute Gasteiger partial charge is 0.495 e. The second-order valence-corrected chi connectivity index (χ2v) is 8.29. The maximum atomic E-state index is 13.3. The molecule has 1 aromatic carbocycles. The van der Waals surface area contributed by atoms with Gasteiger partial charge in [-0.15, -0.1) is 5.10 Å². The van der Waals surface area contributed by atoms with Crippen LogP contribution < -0.4 is 19.9 Å². The molecule has 0 spiro atoms. The van der Waals surface area contributed by atoms with Crippen molar-refractivity contribution in [2.45, 2.75) is 12.5 Å². The lowest BCUT2D eigenvalue weighted by atomic mass is 10.1. The van der Waals surface area contributed by atoms with E-state index in [1.54, 1.807) is 52.8 Å². The number of hydrogen-bond donors (Lipinski definition) is 1. The minimum Gasteiger partial charge on any atom is -0.495 e. The number of carbonyl (C=O) groups excluding carboxylic acids is 1. The highest BCUT2D eigenvalue weighted by molar-refractivity contribution is 7.18. The van der Waals surface area contributed by atoms with E-state index in [1.807, 2.05) is 0 Å².